The smallest absolute Gasteiger partial charge is 0.375 e. The number of Topliss-reactive ketones (excluding diaryl/α,β-unsaturated/α-hetero) is 2. The number of nitrogens with one attached hydrogen (secondary N) is 1. The topological polar surface area (TPSA) is 159 Å². The van der Waals surface area contributed by atoms with Crippen LogP contribution in [0.1, 0.15) is 0 Å². The third-order valence-electron chi connectivity index (χ3n) is 3.05. The number of halogens is 2. The molecule has 0 unspecified atom stereocenters. The van der Waals surface area contributed by atoms with Crippen molar-refractivity contribution in [1.82, 2.24) is 0 Å². The van der Waals surface area contributed by atoms with Crippen LogP contribution in [0.3, 0.4) is 0 Å². The van der Waals surface area contributed by atoms with E-state index in [1.807, 2.05) is 5.32 Å². The number of esters is 2. The predicted molar refractivity (Wildman–Crippen MR) is 89.3 cm³/mol. The van der Waals surface area contributed by atoms with Crippen molar-refractivity contribution in [1.29, 1.82) is 0 Å². The molecule has 0 bridgehead atoms. The van der Waals surface area contributed by atoms with Gasteiger partial charge in [0.25, 0.3) is 17.4 Å². The lowest BCUT2D eigenvalue weighted by Gasteiger charge is -2.12. The van der Waals surface area contributed by atoms with E-state index in [0.29, 0.717) is 0 Å². The molecule has 1 aromatic rings. The Morgan fingerprint density at radius 1 is 1.04 bits per heavy atom. The molecule has 1 aromatic carbocycles. The van der Waals surface area contributed by atoms with Crippen LogP contribution in [0.2, 0.25) is 10.0 Å². The number of carbonyl (C=O) groups is 5. The Morgan fingerprint density at radius 2 is 1.56 bits per heavy atom. The van der Waals surface area contributed by atoms with Gasteiger partial charge < -0.3 is 14.8 Å². The van der Waals surface area contributed by atoms with Gasteiger partial charge in [0, 0.05) is 12.1 Å². The quantitative estimate of drug-likeness (QED) is 0.222. The fraction of sp³-hybridized carbons (Fsp3) is 0.214. The first-order valence-corrected chi connectivity index (χ1v) is 7.49. The number of carbonyl (C=O) groups excluding carboxylic acids is 5. The van der Waals surface area contributed by atoms with E-state index in [9.17, 15) is 34.1 Å². The van der Waals surface area contributed by atoms with Gasteiger partial charge in [0.05, 0.1) is 34.9 Å². The largest absolute Gasteiger partial charge is 0.468 e. The molecule has 1 rings (SSSR count). The number of benzene rings is 1. The number of methoxy groups -OCH3 is 2. The fourth-order valence-electron chi connectivity index (χ4n) is 1.76. The summed E-state index contributed by atoms with van der Waals surface area (Å²) in [4.78, 5) is 69.0. The van der Waals surface area contributed by atoms with Gasteiger partial charge in [-0.1, -0.05) is 23.2 Å². The SMILES string of the molecule is COC(=O)C(=O)[C@@H](C(=O)OC)C(=O)C(=O)Nc1c(Cl)cc([N+](=O)[O-])cc1Cl. The second kappa shape index (κ2) is 9.05. The molecule has 27 heavy (non-hydrogen) atoms. The maximum absolute atomic E-state index is 12.2. The van der Waals surface area contributed by atoms with Gasteiger partial charge in [0.2, 0.25) is 5.78 Å². The maximum atomic E-state index is 12.2. The predicted octanol–water partition coefficient (Wildman–Crippen LogP) is 0.940. The van der Waals surface area contributed by atoms with Crippen LogP contribution in [-0.4, -0.2) is 48.6 Å². The molecular weight excluding hydrogens is 411 g/mol. The van der Waals surface area contributed by atoms with Crippen molar-refractivity contribution in [3.05, 3.63) is 32.3 Å². The third kappa shape index (κ3) is 4.99. The van der Waals surface area contributed by atoms with Crippen molar-refractivity contribution < 1.29 is 38.4 Å². The van der Waals surface area contributed by atoms with Gasteiger partial charge >= 0.3 is 11.9 Å². The Kier molecular flexibility index (Phi) is 7.37. The number of amides is 1. The second-order valence-corrected chi connectivity index (χ2v) is 5.49. The normalized spacial score (nSPS) is 11.1. The number of ketones is 2. The Bertz CT molecular complexity index is 830. The van der Waals surface area contributed by atoms with E-state index < -0.39 is 45.9 Å². The lowest BCUT2D eigenvalue weighted by atomic mass is 9.98. The molecule has 1 amide bonds. The van der Waals surface area contributed by atoms with Gasteiger partial charge in [-0.15, -0.1) is 0 Å². The number of ether oxygens (including phenoxy) is 2. The molecule has 1 N–H and O–H groups in total. The molecular formula is C14H10Cl2N2O9. The molecule has 13 heteroatoms. The zero-order valence-electron chi connectivity index (χ0n) is 13.6. The van der Waals surface area contributed by atoms with E-state index in [1.54, 1.807) is 0 Å². The van der Waals surface area contributed by atoms with Crippen LogP contribution >= 0.6 is 23.2 Å². The highest BCUT2D eigenvalue weighted by Gasteiger charge is 2.43. The summed E-state index contributed by atoms with van der Waals surface area (Å²) in [6, 6.07) is 1.70. The second-order valence-electron chi connectivity index (χ2n) is 4.67. The number of nitro benzene ring substituents is 1. The first-order chi connectivity index (χ1) is 12.5. The van der Waals surface area contributed by atoms with Gasteiger partial charge in [0.1, 0.15) is 0 Å². The first kappa shape index (κ1) is 22.0. The zero-order valence-corrected chi connectivity index (χ0v) is 15.1. The van der Waals surface area contributed by atoms with Crippen LogP contribution in [-0.2, 0) is 33.4 Å². The van der Waals surface area contributed by atoms with Crippen molar-refractivity contribution in [2.75, 3.05) is 19.5 Å². The van der Waals surface area contributed by atoms with Crippen LogP contribution in [0.4, 0.5) is 11.4 Å². The number of hydrogen-bond acceptors (Lipinski definition) is 9. The summed E-state index contributed by atoms with van der Waals surface area (Å²) in [5.41, 5.74) is -0.862. The lowest BCUT2D eigenvalue weighted by Crippen LogP contribution is -2.42. The highest BCUT2D eigenvalue weighted by Crippen LogP contribution is 2.34. The summed E-state index contributed by atoms with van der Waals surface area (Å²) < 4.78 is 8.37. The molecule has 0 aliphatic heterocycles. The van der Waals surface area contributed by atoms with Crippen molar-refractivity contribution in [3.8, 4) is 0 Å². The standard InChI is InChI=1S/C14H10Cl2N2O9/c1-26-13(22)8(11(20)14(23)27-2)10(19)12(21)17-9-6(15)3-5(18(24)25)4-7(9)16/h3-4,8H,1-2H3,(H,17,21)/t8-/m0/s1. The number of non-ortho nitro benzene ring substituents is 1. The number of nitrogens with zero attached hydrogens (tertiary/aromatic N) is 1. The van der Waals surface area contributed by atoms with Crippen molar-refractivity contribution >= 4 is 64.0 Å². The van der Waals surface area contributed by atoms with E-state index in [-0.39, 0.29) is 15.7 Å². The molecule has 0 saturated carbocycles. The summed E-state index contributed by atoms with van der Waals surface area (Å²) in [5.74, 6) is -10.2. The van der Waals surface area contributed by atoms with E-state index in [1.165, 1.54) is 0 Å². The number of rotatable bonds is 7. The van der Waals surface area contributed by atoms with Crippen molar-refractivity contribution in [2.24, 2.45) is 5.92 Å². The Hall–Kier alpha value is -3.05. The summed E-state index contributed by atoms with van der Waals surface area (Å²) in [6.45, 7) is 0. The fourth-order valence-corrected chi connectivity index (χ4v) is 2.33. The van der Waals surface area contributed by atoms with Gasteiger partial charge in [-0.3, -0.25) is 29.3 Å². The highest BCUT2D eigenvalue weighted by atomic mass is 35.5. The maximum Gasteiger partial charge on any atom is 0.375 e. The van der Waals surface area contributed by atoms with Crippen molar-refractivity contribution in [2.45, 2.75) is 0 Å². The first-order valence-electron chi connectivity index (χ1n) is 6.73. The number of nitro groups is 1. The van der Waals surface area contributed by atoms with Gasteiger partial charge in [-0.05, 0) is 0 Å². The number of hydrogen-bond donors (Lipinski definition) is 1. The molecule has 0 radical (unpaired) electrons. The van der Waals surface area contributed by atoms with Gasteiger partial charge in [-0.25, -0.2) is 4.79 Å². The van der Waals surface area contributed by atoms with Crippen LogP contribution in [0.5, 0.6) is 0 Å². The van der Waals surface area contributed by atoms with Crippen LogP contribution < -0.4 is 5.32 Å². The molecule has 144 valence electrons. The lowest BCUT2D eigenvalue weighted by molar-refractivity contribution is -0.384. The minimum Gasteiger partial charge on any atom is -0.468 e. The average Bonchev–Trinajstić information content (AvgIpc) is 2.62. The van der Waals surface area contributed by atoms with E-state index >= 15 is 0 Å². The van der Waals surface area contributed by atoms with Crippen molar-refractivity contribution in [3.63, 3.8) is 0 Å². The molecule has 0 aromatic heterocycles. The summed E-state index contributed by atoms with van der Waals surface area (Å²) >= 11 is 11.6. The summed E-state index contributed by atoms with van der Waals surface area (Å²) in [7, 11) is 1.66. The zero-order chi connectivity index (χ0) is 20.9. The molecule has 0 aliphatic rings. The van der Waals surface area contributed by atoms with Gasteiger partial charge in [0.15, 0.2) is 5.92 Å². The Balaban J connectivity index is 3.18. The monoisotopic (exact) mass is 420 g/mol. The molecule has 0 saturated heterocycles. The highest BCUT2D eigenvalue weighted by molar-refractivity contribution is 6.55. The molecule has 11 nitrogen and oxygen atoms in total. The molecule has 0 heterocycles. The Morgan fingerprint density at radius 3 is 1.96 bits per heavy atom. The summed E-state index contributed by atoms with van der Waals surface area (Å²) in [6.07, 6.45) is 0. The molecule has 0 aliphatic carbocycles. The van der Waals surface area contributed by atoms with Gasteiger partial charge in [-0.2, -0.15) is 0 Å². The summed E-state index contributed by atoms with van der Waals surface area (Å²) in [5, 5.41) is 11.9. The van der Waals surface area contributed by atoms with E-state index in [0.717, 1.165) is 26.4 Å². The van der Waals surface area contributed by atoms with E-state index in [4.69, 9.17) is 23.2 Å². The van der Waals surface area contributed by atoms with Crippen LogP contribution in [0.15, 0.2) is 12.1 Å². The minimum atomic E-state index is -2.40. The number of anilines is 1. The molecule has 0 fully saturated rings. The average molecular weight is 421 g/mol. The van der Waals surface area contributed by atoms with E-state index in [2.05, 4.69) is 9.47 Å². The molecule has 0 spiro atoms. The molecule has 1 atom stereocenters. The third-order valence-corrected chi connectivity index (χ3v) is 3.64. The minimum absolute atomic E-state index is 0.378. The Labute approximate surface area is 160 Å². The van der Waals surface area contributed by atoms with Crippen LogP contribution in [0, 0.1) is 16.0 Å². The van der Waals surface area contributed by atoms with Crippen LogP contribution in [0.25, 0.3) is 0 Å².